The van der Waals surface area contributed by atoms with Crippen molar-refractivity contribution in [3.8, 4) is 17.0 Å². The third kappa shape index (κ3) is 5.64. The van der Waals surface area contributed by atoms with Crippen LogP contribution < -0.4 is 9.64 Å². The van der Waals surface area contributed by atoms with Gasteiger partial charge in [0.15, 0.2) is 0 Å². The Morgan fingerprint density at radius 2 is 1.69 bits per heavy atom. The second-order valence-corrected chi connectivity index (χ2v) is 11.4. The molecule has 1 aliphatic rings. The number of fused-ring (bicyclic) bond motifs is 1. The van der Waals surface area contributed by atoms with Gasteiger partial charge in [0.25, 0.3) is 0 Å². The summed E-state index contributed by atoms with van der Waals surface area (Å²) < 4.78 is 35.9. The van der Waals surface area contributed by atoms with Crippen LogP contribution in [0.15, 0.2) is 47.6 Å². The molecule has 186 valence electrons. The van der Waals surface area contributed by atoms with Crippen molar-refractivity contribution in [2.75, 3.05) is 44.4 Å². The number of hydrogen-bond acceptors (Lipinski definition) is 8. The van der Waals surface area contributed by atoms with Gasteiger partial charge in [0.05, 0.1) is 12.8 Å². The van der Waals surface area contributed by atoms with Gasteiger partial charge < -0.3 is 19.3 Å². The van der Waals surface area contributed by atoms with Gasteiger partial charge in [-0.1, -0.05) is 24.3 Å². The summed E-state index contributed by atoms with van der Waals surface area (Å²) in [5.74, 6) is 1.14. The molecule has 0 unspecified atom stereocenters. The van der Waals surface area contributed by atoms with E-state index in [9.17, 15) is 13.2 Å². The fraction of sp³-hybridized carbons (Fsp3) is 0.400. The molecule has 1 aromatic heterocycles. The molecular weight excluding hydrogens is 468 g/mol. The highest BCUT2D eigenvalue weighted by molar-refractivity contribution is 7.90. The number of methoxy groups -OCH3 is 1. The van der Waals surface area contributed by atoms with Crippen LogP contribution >= 0.6 is 0 Å². The lowest BCUT2D eigenvalue weighted by molar-refractivity contribution is 0.0240. The highest BCUT2D eigenvalue weighted by atomic mass is 32.2. The normalized spacial score (nSPS) is 14.8. The average molecular weight is 499 g/mol. The molecule has 1 saturated heterocycles. The average Bonchev–Trinajstić information content (AvgIpc) is 2.81. The molecule has 0 radical (unpaired) electrons. The van der Waals surface area contributed by atoms with Gasteiger partial charge in [-0.25, -0.2) is 23.2 Å². The molecule has 0 spiro atoms. The monoisotopic (exact) mass is 498 g/mol. The third-order valence-electron chi connectivity index (χ3n) is 5.63. The molecule has 4 rings (SSSR count). The summed E-state index contributed by atoms with van der Waals surface area (Å²) in [6.45, 7) is 7.33. The Labute approximate surface area is 205 Å². The number of aromatic nitrogens is 2. The second kappa shape index (κ2) is 9.33. The molecule has 0 aliphatic carbocycles. The van der Waals surface area contributed by atoms with Crippen molar-refractivity contribution in [2.45, 2.75) is 31.5 Å². The van der Waals surface area contributed by atoms with Crippen LogP contribution in [-0.2, 0) is 14.6 Å². The van der Waals surface area contributed by atoms with Crippen LogP contribution in [0, 0.1) is 0 Å². The minimum absolute atomic E-state index is 0.244. The Morgan fingerprint density at radius 3 is 2.31 bits per heavy atom. The van der Waals surface area contributed by atoms with Gasteiger partial charge in [0.1, 0.15) is 17.2 Å². The van der Waals surface area contributed by atoms with Crippen molar-refractivity contribution in [3.05, 3.63) is 42.5 Å². The fourth-order valence-corrected chi connectivity index (χ4v) is 4.46. The molecule has 0 bridgehead atoms. The molecule has 1 fully saturated rings. The number of benzene rings is 2. The lowest BCUT2D eigenvalue weighted by Crippen LogP contribution is -2.50. The zero-order chi connectivity index (χ0) is 25.4. The van der Waals surface area contributed by atoms with Crippen LogP contribution in [0.2, 0.25) is 0 Å². The Bertz CT molecular complexity index is 1360. The van der Waals surface area contributed by atoms with Gasteiger partial charge in [0, 0.05) is 44.1 Å². The molecule has 2 heterocycles. The van der Waals surface area contributed by atoms with E-state index in [0.717, 1.165) is 22.6 Å². The molecule has 3 aromatic rings. The summed E-state index contributed by atoms with van der Waals surface area (Å²) in [6, 6.07) is 13.4. The smallest absolute Gasteiger partial charge is 0.410 e. The second-order valence-electron chi connectivity index (χ2n) is 9.52. The quantitative estimate of drug-likeness (QED) is 0.501. The molecule has 2 aromatic carbocycles. The summed E-state index contributed by atoms with van der Waals surface area (Å²) in [6.07, 6.45) is 0.736. The number of carbonyl (C=O) groups is 1. The number of rotatable bonds is 4. The first-order chi connectivity index (χ1) is 16.4. The SMILES string of the molecule is COc1cc(-c2cc(N3CCN(C(=O)OC(C)(C)C)CC3)nc(S(C)(=O)=O)n2)c2ccccc2c1. The van der Waals surface area contributed by atoms with Crippen LogP contribution in [0.4, 0.5) is 10.6 Å². The van der Waals surface area contributed by atoms with Crippen LogP contribution in [0.25, 0.3) is 22.0 Å². The summed E-state index contributed by atoms with van der Waals surface area (Å²) in [7, 11) is -2.08. The van der Waals surface area contributed by atoms with Crippen molar-refractivity contribution < 1.29 is 22.7 Å². The van der Waals surface area contributed by atoms with E-state index in [4.69, 9.17) is 9.47 Å². The van der Waals surface area contributed by atoms with Gasteiger partial charge in [0.2, 0.25) is 15.0 Å². The molecule has 0 atom stereocenters. The van der Waals surface area contributed by atoms with Gasteiger partial charge in [-0.2, -0.15) is 0 Å². The minimum Gasteiger partial charge on any atom is -0.497 e. The van der Waals surface area contributed by atoms with E-state index >= 15 is 0 Å². The van der Waals surface area contributed by atoms with Gasteiger partial charge in [-0.15, -0.1) is 0 Å². The molecular formula is C25H30N4O5S. The number of carbonyl (C=O) groups excluding carboxylic acids is 1. The van der Waals surface area contributed by atoms with Gasteiger partial charge >= 0.3 is 6.09 Å². The largest absolute Gasteiger partial charge is 0.497 e. The standard InChI is InChI=1S/C25H30N4O5S/c1-25(2,3)34-24(30)29-12-10-28(11-13-29)22-16-21(26-23(27-22)35(5,31)32)20-15-18(33-4)14-17-8-6-7-9-19(17)20/h6-9,14-16H,10-13H2,1-5H3. The number of hydrogen-bond donors (Lipinski definition) is 0. The molecule has 0 N–H and O–H groups in total. The number of amides is 1. The summed E-state index contributed by atoms with van der Waals surface area (Å²) in [4.78, 5) is 24.8. The van der Waals surface area contributed by atoms with Gasteiger partial charge in [-0.05, 0) is 43.7 Å². The van der Waals surface area contributed by atoms with E-state index in [1.807, 2.05) is 62.1 Å². The van der Waals surface area contributed by atoms with E-state index in [-0.39, 0.29) is 11.2 Å². The Kier molecular flexibility index (Phi) is 6.59. The topological polar surface area (TPSA) is 102 Å². The first-order valence-electron chi connectivity index (χ1n) is 11.3. The lowest BCUT2D eigenvalue weighted by Gasteiger charge is -2.36. The zero-order valence-electron chi connectivity index (χ0n) is 20.6. The van der Waals surface area contributed by atoms with Crippen LogP contribution in [0.3, 0.4) is 0 Å². The predicted molar refractivity (Wildman–Crippen MR) is 135 cm³/mol. The number of anilines is 1. The lowest BCUT2D eigenvalue weighted by atomic mass is 10.0. The third-order valence-corrected chi connectivity index (χ3v) is 6.47. The van der Waals surface area contributed by atoms with Crippen LogP contribution in [0.5, 0.6) is 5.75 Å². The zero-order valence-corrected chi connectivity index (χ0v) is 21.4. The fourth-order valence-electron chi connectivity index (χ4n) is 3.94. The van der Waals surface area contributed by atoms with Crippen molar-refractivity contribution >= 4 is 32.5 Å². The van der Waals surface area contributed by atoms with E-state index in [1.165, 1.54) is 0 Å². The van der Waals surface area contributed by atoms with Crippen molar-refractivity contribution in [1.82, 2.24) is 14.9 Å². The first-order valence-corrected chi connectivity index (χ1v) is 13.2. The highest BCUT2D eigenvalue weighted by Crippen LogP contribution is 2.34. The minimum atomic E-state index is -3.67. The first kappa shape index (κ1) is 24.7. The highest BCUT2D eigenvalue weighted by Gasteiger charge is 2.27. The molecule has 0 saturated carbocycles. The van der Waals surface area contributed by atoms with E-state index in [0.29, 0.717) is 43.4 Å². The Hall–Kier alpha value is -3.40. The molecule has 1 aliphatic heterocycles. The van der Waals surface area contributed by atoms with E-state index in [2.05, 4.69) is 9.97 Å². The molecule has 1 amide bonds. The summed E-state index contributed by atoms with van der Waals surface area (Å²) in [5.41, 5.74) is 0.667. The maximum atomic E-state index is 12.5. The molecule has 10 heteroatoms. The summed E-state index contributed by atoms with van der Waals surface area (Å²) >= 11 is 0. The van der Waals surface area contributed by atoms with Crippen molar-refractivity contribution in [1.29, 1.82) is 0 Å². The number of nitrogens with zero attached hydrogens (tertiary/aromatic N) is 4. The number of ether oxygens (including phenoxy) is 2. The van der Waals surface area contributed by atoms with E-state index < -0.39 is 15.4 Å². The number of piperazine rings is 1. The molecule has 35 heavy (non-hydrogen) atoms. The summed E-state index contributed by atoms with van der Waals surface area (Å²) in [5, 5.41) is 1.63. The molecule has 9 nitrogen and oxygen atoms in total. The Balaban J connectivity index is 1.71. The van der Waals surface area contributed by atoms with Crippen LogP contribution in [-0.4, -0.2) is 74.5 Å². The number of sulfone groups is 1. The maximum Gasteiger partial charge on any atom is 0.410 e. The predicted octanol–water partition coefficient (Wildman–Crippen LogP) is 3.77. The van der Waals surface area contributed by atoms with Crippen molar-refractivity contribution in [2.24, 2.45) is 0 Å². The van der Waals surface area contributed by atoms with Crippen molar-refractivity contribution in [3.63, 3.8) is 0 Å². The maximum absolute atomic E-state index is 12.5. The van der Waals surface area contributed by atoms with Gasteiger partial charge in [-0.3, -0.25) is 0 Å². The van der Waals surface area contributed by atoms with E-state index in [1.54, 1.807) is 18.1 Å². The Morgan fingerprint density at radius 1 is 1.00 bits per heavy atom. The van der Waals surface area contributed by atoms with Crippen LogP contribution in [0.1, 0.15) is 20.8 Å².